The number of halogens is 1. The van der Waals surface area contributed by atoms with E-state index in [9.17, 15) is 9.18 Å². The lowest BCUT2D eigenvalue weighted by Gasteiger charge is -2.22. The Morgan fingerprint density at radius 2 is 2.05 bits per heavy atom. The van der Waals surface area contributed by atoms with E-state index in [4.69, 9.17) is 10.5 Å². The van der Waals surface area contributed by atoms with E-state index in [2.05, 4.69) is 4.99 Å². The summed E-state index contributed by atoms with van der Waals surface area (Å²) in [5.41, 5.74) is 7.84. The summed E-state index contributed by atoms with van der Waals surface area (Å²) in [5.74, 6) is -0.677. The van der Waals surface area contributed by atoms with Gasteiger partial charge in [-0.25, -0.2) is 9.18 Å². The van der Waals surface area contributed by atoms with Crippen LogP contribution in [-0.2, 0) is 16.0 Å². The van der Waals surface area contributed by atoms with Crippen LogP contribution in [0.1, 0.15) is 19.4 Å². The summed E-state index contributed by atoms with van der Waals surface area (Å²) in [6.07, 6.45) is 3.86. The quantitative estimate of drug-likeness (QED) is 0.863. The molecule has 0 aromatic heterocycles. The Morgan fingerprint density at radius 1 is 1.38 bits per heavy atom. The zero-order valence-corrected chi connectivity index (χ0v) is 12.1. The number of benzene rings is 1. The van der Waals surface area contributed by atoms with E-state index in [0.717, 1.165) is 11.1 Å². The van der Waals surface area contributed by atoms with Crippen molar-refractivity contribution in [2.24, 2.45) is 10.7 Å². The molecule has 0 amide bonds. The number of carbonyl (C=O) groups is 1. The van der Waals surface area contributed by atoms with Gasteiger partial charge in [0, 0.05) is 6.21 Å². The first-order valence-electron chi connectivity index (χ1n) is 6.90. The van der Waals surface area contributed by atoms with Crippen LogP contribution < -0.4 is 5.73 Å². The number of esters is 1. The molecule has 2 rings (SSSR count). The van der Waals surface area contributed by atoms with Gasteiger partial charge in [-0.05, 0) is 43.5 Å². The Kier molecular flexibility index (Phi) is 4.85. The topological polar surface area (TPSA) is 64.7 Å². The van der Waals surface area contributed by atoms with E-state index in [0.29, 0.717) is 6.42 Å². The molecule has 1 heterocycles. The molecular weight excluding hydrogens is 271 g/mol. The molecule has 1 aromatic carbocycles. The summed E-state index contributed by atoms with van der Waals surface area (Å²) >= 11 is 0. The van der Waals surface area contributed by atoms with Gasteiger partial charge in [0.25, 0.3) is 0 Å². The highest BCUT2D eigenvalue weighted by molar-refractivity contribution is 5.87. The van der Waals surface area contributed by atoms with Gasteiger partial charge in [0.15, 0.2) is 6.04 Å². The van der Waals surface area contributed by atoms with E-state index in [1.165, 1.54) is 12.1 Å². The SMILES string of the molecule is CC(C)OC(=O)C1N=CC(Cc2ccc(F)cc2)=CC1N. The smallest absolute Gasteiger partial charge is 0.333 e. The van der Waals surface area contributed by atoms with Crippen molar-refractivity contribution in [3.63, 3.8) is 0 Å². The van der Waals surface area contributed by atoms with Crippen molar-refractivity contribution in [3.8, 4) is 0 Å². The van der Waals surface area contributed by atoms with Crippen molar-refractivity contribution in [1.29, 1.82) is 0 Å². The Morgan fingerprint density at radius 3 is 2.62 bits per heavy atom. The molecule has 0 spiro atoms. The second kappa shape index (κ2) is 6.63. The third-order valence-electron chi connectivity index (χ3n) is 3.09. The molecule has 5 heteroatoms. The number of carbonyl (C=O) groups excluding carboxylic acids is 1. The summed E-state index contributed by atoms with van der Waals surface area (Å²) in [7, 11) is 0. The second-order valence-electron chi connectivity index (χ2n) is 5.33. The van der Waals surface area contributed by atoms with Crippen LogP contribution >= 0.6 is 0 Å². The van der Waals surface area contributed by atoms with Gasteiger partial charge in [-0.1, -0.05) is 18.2 Å². The summed E-state index contributed by atoms with van der Waals surface area (Å²) < 4.78 is 18.0. The summed E-state index contributed by atoms with van der Waals surface area (Å²) in [5, 5.41) is 0. The van der Waals surface area contributed by atoms with Crippen LogP contribution in [0.15, 0.2) is 40.9 Å². The molecule has 0 saturated carbocycles. The van der Waals surface area contributed by atoms with Gasteiger partial charge in [0.1, 0.15) is 5.82 Å². The molecule has 2 atom stereocenters. The maximum absolute atomic E-state index is 12.9. The van der Waals surface area contributed by atoms with Gasteiger partial charge in [-0.3, -0.25) is 4.99 Å². The van der Waals surface area contributed by atoms with Crippen LogP contribution in [0.25, 0.3) is 0 Å². The van der Waals surface area contributed by atoms with Crippen LogP contribution in [0.4, 0.5) is 4.39 Å². The van der Waals surface area contributed by atoms with E-state index in [1.807, 2.05) is 6.08 Å². The number of rotatable bonds is 4. The summed E-state index contributed by atoms with van der Waals surface area (Å²) in [6.45, 7) is 3.57. The highest BCUT2D eigenvalue weighted by Gasteiger charge is 2.28. The molecule has 1 aromatic rings. The van der Waals surface area contributed by atoms with Crippen LogP contribution in [0.3, 0.4) is 0 Å². The number of dihydropyridines is 1. The Labute approximate surface area is 123 Å². The fraction of sp³-hybridized carbons (Fsp3) is 0.375. The van der Waals surface area contributed by atoms with E-state index in [-0.39, 0.29) is 11.9 Å². The fourth-order valence-corrected chi connectivity index (χ4v) is 2.12. The molecule has 112 valence electrons. The number of ether oxygens (including phenoxy) is 1. The average molecular weight is 290 g/mol. The molecule has 1 aliphatic rings. The number of hydrogen-bond acceptors (Lipinski definition) is 4. The highest BCUT2D eigenvalue weighted by Crippen LogP contribution is 2.15. The standard InChI is InChI=1S/C16H19FN2O2/c1-10(2)21-16(20)15-14(18)8-12(9-19-15)7-11-3-5-13(17)6-4-11/h3-6,8-10,14-15H,7,18H2,1-2H3. The molecule has 2 N–H and O–H groups in total. The van der Waals surface area contributed by atoms with E-state index < -0.39 is 18.1 Å². The normalized spacial score (nSPS) is 21.3. The van der Waals surface area contributed by atoms with Gasteiger partial charge in [-0.15, -0.1) is 0 Å². The molecule has 2 unspecified atom stereocenters. The zero-order valence-electron chi connectivity index (χ0n) is 12.1. The number of nitrogens with two attached hydrogens (primary N) is 1. The summed E-state index contributed by atoms with van der Waals surface area (Å²) in [4.78, 5) is 16.0. The fourth-order valence-electron chi connectivity index (χ4n) is 2.12. The predicted octanol–water partition coefficient (Wildman–Crippen LogP) is 2.03. The summed E-state index contributed by atoms with van der Waals surface area (Å²) in [6, 6.07) is 5.07. The maximum Gasteiger partial charge on any atom is 0.333 e. The highest BCUT2D eigenvalue weighted by atomic mass is 19.1. The lowest BCUT2D eigenvalue weighted by Crippen LogP contribution is -2.41. The molecule has 21 heavy (non-hydrogen) atoms. The molecule has 1 aliphatic heterocycles. The number of nitrogens with zero attached hydrogens (tertiary/aromatic N) is 1. The molecule has 0 saturated heterocycles. The maximum atomic E-state index is 12.9. The lowest BCUT2D eigenvalue weighted by molar-refractivity contribution is -0.149. The van der Waals surface area contributed by atoms with Crippen molar-refractivity contribution in [3.05, 3.63) is 47.3 Å². The van der Waals surface area contributed by atoms with Crippen molar-refractivity contribution in [1.82, 2.24) is 0 Å². The molecule has 4 nitrogen and oxygen atoms in total. The predicted molar refractivity (Wildman–Crippen MR) is 79.7 cm³/mol. The van der Waals surface area contributed by atoms with Gasteiger partial charge in [0.2, 0.25) is 0 Å². The van der Waals surface area contributed by atoms with Gasteiger partial charge < -0.3 is 10.5 Å². The number of aliphatic imine (C=N–C) groups is 1. The minimum absolute atomic E-state index is 0.190. The minimum atomic E-state index is -0.690. The van der Waals surface area contributed by atoms with Gasteiger partial charge in [0.05, 0.1) is 12.1 Å². The zero-order chi connectivity index (χ0) is 15.4. The third-order valence-corrected chi connectivity index (χ3v) is 3.09. The van der Waals surface area contributed by atoms with Crippen LogP contribution in [0, 0.1) is 5.82 Å². The lowest BCUT2D eigenvalue weighted by atomic mass is 9.98. The average Bonchev–Trinajstić information content (AvgIpc) is 2.40. The molecular formula is C16H19FN2O2. The van der Waals surface area contributed by atoms with Crippen molar-refractivity contribution >= 4 is 12.2 Å². The van der Waals surface area contributed by atoms with Crippen molar-refractivity contribution in [2.75, 3.05) is 0 Å². The second-order valence-corrected chi connectivity index (χ2v) is 5.33. The molecule has 0 radical (unpaired) electrons. The van der Waals surface area contributed by atoms with Crippen LogP contribution in [0.2, 0.25) is 0 Å². The van der Waals surface area contributed by atoms with Gasteiger partial charge in [-0.2, -0.15) is 0 Å². The minimum Gasteiger partial charge on any atom is -0.461 e. The first-order chi connectivity index (χ1) is 9.95. The molecule has 0 aliphatic carbocycles. The van der Waals surface area contributed by atoms with Crippen molar-refractivity contribution < 1.29 is 13.9 Å². The van der Waals surface area contributed by atoms with E-state index in [1.54, 1.807) is 32.2 Å². The van der Waals surface area contributed by atoms with Crippen LogP contribution in [0.5, 0.6) is 0 Å². The van der Waals surface area contributed by atoms with E-state index >= 15 is 0 Å². The first-order valence-corrected chi connectivity index (χ1v) is 6.90. The Bertz CT molecular complexity index is 564. The largest absolute Gasteiger partial charge is 0.461 e. The monoisotopic (exact) mass is 290 g/mol. The number of hydrogen-bond donors (Lipinski definition) is 1. The molecule has 0 bridgehead atoms. The Hall–Kier alpha value is -2.01. The van der Waals surface area contributed by atoms with Crippen LogP contribution in [-0.4, -0.2) is 30.4 Å². The number of allylic oxidation sites excluding steroid dienone is 1. The molecule has 0 fully saturated rings. The first kappa shape index (κ1) is 15.4. The third kappa shape index (κ3) is 4.23. The Balaban J connectivity index is 2.01. The van der Waals surface area contributed by atoms with Gasteiger partial charge >= 0.3 is 5.97 Å². The van der Waals surface area contributed by atoms with Crippen molar-refractivity contribution in [2.45, 2.75) is 38.5 Å².